The minimum atomic E-state index is -0.179. The zero-order valence-corrected chi connectivity index (χ0v) is 21.1. The van der Waals surface area contributed by atoms with Gasteiger partial charge in [-0.1, -0.05) is 42.0 Å². The highest BCUT2D eigenvalue weighted by Gasteiger charge is 2.29. The maximum atomic E-state index is 12.7. The molecule has 184 valence electrons. The molecule has 0 aliphatic heterocycles. The number of aliphatic hydroxyl groups is 1. The first-order valence-electron chi connectivity index (χ1n) is 11.7. The summed E-state index contributed by atoms with van der Waals surface area (Å²) in [6.07, 6.45) is 9.50. The highest BCUT2D eigenvalue weighted by atomic mass is 35.5. The van der Waals surface area contributed by atoms with E-state index < -0.39 is 0 Å². The van der Waals surface area contributed by atoms with E-state index in [4.69, 9.17) is 16.6 Å². The molecule has 4 heterocycles. The van der Waals surface area contributed by atoms with Crippen LogP contribution in [0.5, 0.6) is 0 Å². The van der Waals surface area contributed by atoms with Gasteiger partial charge in [-0.3, -0.25) is 4.79 Å². The third-order valence-corrected chi connectivity index (χ3v) is 7.30. The third kappa shape index (κ3) is 5.07. The molecule has 0 aromatic carbocycles. The molecular weight excluding hydrogens is 488 g/mol. The molecule has 2 atom stereocenters. The molecule has 2 N–H and O–H groups in total. The molecule has 4 aromatic heterocycles. The molecule has 1 aliphatic carbocycles. The fourth-order valence-corrected chi connectivity index (χ4v) is 5.51. The number of nitrogens with one attached hydrogen (secondary N) is 1. The summed E-state index contributed by atoms with van der Waals surface area (Å²) in [4.78, 5) is 26.2. The Hall–Kier alpha value is -2.89. The standard InChI is InChI=1S/C23H27ClN8O2S/c1-13(2)6-21-28-17-9-25-20(31-11-15(12-33)29-30-31)8-18(17)32(21)16-5-3-4-14(7-16)27-22(34)23-26-10-19(24)35-23/h8-11,13-14,16,33H,3-7,12H2,1-2H3,(H,27,34)/t14-,16+/m0/s1. The lowest BCUT2D eigenvalue weighted by Crippen LogP contribution is -2.39. The van der Waals surface area contributed by atoms with Crippen LogP contribution in [-0.2, 0) is 13.0 Å². The fourth-order valence-electron chi connectivity index (χ4n) is 4.70. The minimum absolute atomic E-state index is 0.0389. The molecule has 0 radical (unpaired) electrons. The van der Waals surface area contributed by atoms with Crippen molar-refractivity contribution in [1.29, 1.82) is 0 Å². The Morgan fingerprint density at radius 3 is 2.89 bits per heavy atom. The summed E-state index contributed by atoms with van der Waals surface area (Å²) in [6, 6.07) is 2.20. The summed E-state index contributed by atoms with van der Waals surface area (Å²) in [6.45, 7) is 4.19. The summed E-state index contributed by atoms with van der Waals surface area (Å²) >= 11 is 7.15. The Morgan fingerprint density at radius 1 is 1.31 bits per heavy atom. The van der Waals surface area contributed by atoms with Crippen molar-refractivity contribution in [2.75, 3.05) is 0 Å². The molecule has 0 saturated heterocycles. The van der Waals surface area contributed by atoms with Gasteiger partial charge >= 0.3 is 0 Å². The van der Waals surface area contributed by atoms with Gasteiger partial charge in [0.15, 0.2) is 10.8 Å². The summed E-state index contributed by atoms with van der Waals surface area (Å²) < 4.78 is 4.39. The van der Waals surface area contributed by atoms with Crippen molar-refractivity contribution >= 4 is 39.9 Å². The maximum Gasteiger partial charge on any atom is 0.280 e. The molecule has 0 spiro atoms. The van der Waals surface area contributed by atoms with Crippen LogP contribution >= 0.6 is 22.9 Å². The molecule has 1 amide bonds. The van der Waals surface area contributed by atoms with E-state index in [1.54, 1.807) is 17.1 Å². The number of aliphatic hydroxyl groups excluding tert-OH is 1. The van der Waals surface area contributed by atoms with Crippen LogP contribution < -0.4 is 5.32 Å². The van der Waals surface area contributed by atoms with Crippen LogP contribution in [0, 0.1) is 5.92 Å². The van der Waals surface area contributed by atoms with E-state index in [0.29, 0.717) is 26.8 Å². The van der Waals surface area contributed by atoms with Gasteiger partial charge in [0.2, 0.25) is 0 Å². The van der Waals surface area contributed by atoms with Gasteiger partial charge in [0.1, 0.15) is 21.4 Å². The second-order valence-corrected chi connectivity index (χ2v) is 11.0. The van der Waals surface area contributed by atoms with Crippen LogP contribution in [0.15, 0.2) is 24.7 Å². The second kappa shape index (κ2) is 10.00. The maximum absolute atomic E-state index is 12.7. The van der Waals surface area contributed by atoms with Crippen LogP contribution in [0.25, 0.3) is 16.9 Å². The summed E-state index contributed by atoms with van der Waals surface area (Å²) in [5.41, 5.74) is 2.29. The number of carbonyl (C=O) groups is 1. The van der Waals surface area contributed by atoms with Gasteiger partial charge in [-0.05, 0) is 31.6 Å². The topological polar surface area (TPSA) is 124 Å². The molecule has 12 heteroatoms. The predicted molar refractivity (Wildman–Crippen MR) is 133 cm³/mol. The van der Waals surface area contributed by atoms with E-state index in [-0.39, 0.29) is 24.6 Å². The van der Waals surface area contributed by atoms with Crippen LogP contribution in [0.3, 0.4) is 0 Å². The van der Waals surface area contributed by atoms with Crippen molar-refractivity contribution in [3.63, 3.8) is 0 Å². The fraction of sp³-hybridized carbons (Fsp3) is 0.478. The lowest BCUT2D eigenvalue weighted by atomic mass is 9.90. The van der Waals surface area contributed by atoms with Crippen LogP contribution in [0.4, 0.5) is 0 Å². The molecular formula is C23H27ClN8O2S. The predicted octanol–water partition coefficient (Wildman–Crippen LogP) is 3.73. The number of halogens is 1. The number of hydrogen-bond acceptors (Lipinski definition) is 8. The van der Waals surface area contributed by atoms with Crippen LogP contribution in [0.2, 0.25) is 4.34 Å². The summed E-state index contributed by atoms with van der Waals surface area (Å²) in [5, 5.41) is 20.9. The van der Waals surface area contributed by atoms with E-state index >= 15 is 0 Å². The number of nitrogens with zero attached hydrogens (tertiary/aromatic N) is 7. The average molecular weight is 515 g/mol. The van der Waals surface area contributed by atoms with Gasteiger partial charge in [-0.2, -0.15) is 0 Å². The molecule has 4 aromatic rings. The Kier molecular flexibility index (Phi) is 6.81. The van der Waals surface area contributed by atoms with E-state index in [1.165, 1.54) is 17.5 Å². The number of carbonyl (C=O) groups excluding carboxylic acids is 1. The van der Waals surface area contributed by atoms with Crippen molar-refractivity contribution in [3.05, 3.63) is 45.5 Å². The smallest absolute Gasteiger partial charge is 0.280 e. The number of aromatic nitrogens is 7. The SMILES string of the molecule is CC(C)Cc1nc2cnc(-n3cc(CO)nn3)cc2n1[C@@H]1CCC[C@H](NC(=O)c2ncc(Cl)s2)C1. The largest absolute Gasteiger partial charge is 0.390 e. The molecule has 35 heavy (non-hydrogen) atoms. The second-order valence-electron chi connectivity index (χ2n) is 9.30. The van der Waals surface area contributed by atoms with Gasteiger partial charge in [-0.15, -0.1) is 5.10 Å². The van der Waals surface area contributed by atoms with Gasteiger partial charge < -0.3 is 15.0 Å². The molecule has 0 bridgehead atoms. The first kappa shape index (κ1) is 23.8. The molecule has 10 nitrogen and oxygen atoms in total. The molecule has 1 saturated carbocycles. The van der Waals surface area contributed by atoms with Crippen LogP contribution in [0.1, 0.15) is 66.9 Å². The van der Waals surface area contributed by atoms with Crippen LogP contribution in [-0.4, -0.2) is 51.6 Å². The minimum Gasteiger partial charge on any atom is -0.390 e. The quantitative estimate of drug-likeness (QED) is 0.385. The van der Waals surface area contributed by atoms with Crippen molar-refractivity contribution in [1.82, 2.24) is 39.8 Å². The van der Waals surface area contributed by atoms with E-state index in [0.717, 1.165) is 49.0 Å². The average Bonchev–Trinajstić information content (AvgIpc) is 3.56. The number of thiazole rings is 1. The number of hydrogen-bond donors (Lipinski definition) is 2. The number of pyridine rings is 1. The normalized spacial score (nSPS) is 18.4. The number of fused-ring (bicyclic) bond motifs is 1. The third-order valence-electron chi connectivity index (χ3n) is 6.18. The number of amides is 1. The van der Waals surface area contributed by atoms with Crippen molar-refractivity contribution in [2.45, 2.75) is 64.6 Å². The zero-order chi connectivity index (χ0) is 24.5. The van der Waals surface area contributed by atoms with E-state index in [2.05, 4.69) is 44.0 Å². The van der Waals surface area contributed by atoms with Gasteiger partial charge in [0, 0.05) is 24.6 Å². The van der Waals surface area contributed by atoms with Gasteiger partial charge in [0.25, 0.3) is 5.91 Å². The Morgan fingerprint density at radius 2 is 2.17 bits per heavy atom. The summed E-state index contributed by atoms with van der Waals surface area (Å²) in [5.74, 6) is 1.90. The molecule has 1 aliphatic rings. The summed E-state index contributed by atoms with van der Waals surface area (Å²) in [7, 11) is 0. The van der Waals surface area contributed by atoms with Gasteiger partial charge in [-0.25, -0.2) is 19.6 Å². The monoisotopic (exact) mass is 514 g/mol. The Bertz CT molecular complexity index is 1350. The van der Waals surface area contributed by atoms with Crippen molar-refractivity contribution < 1.29 is 9.90 Å². The number of rotatable bonds is 7. The first-order valence-corrected chi connectivity index (χ1v) is 12.9. The molecule has 5 rings (SSSR count). The highest BCUT2D eigenvalue weighted by molar-refractivity contribution is 7.17. The van der Waals surface area contributed by atoms with E-state index in [1.807, 2.05) is 6.07 Å². The van der Waals surface area contributed by atoms with Crippen molar-refractivity contribution in [3.8, 4) is 5.82 Å². The Balaban J connectivity index is 1.46. The highest BCUT2D eigenvalue weighted by Crippen LogP contribution is 2.34. The molecule has 0 unspecified atom stereocenters. The van der Waals surface area contributed by atoms with Crippen molar-refractivity contribution in [2.24, 2.45) is 5.92 Å². The van der Waals surface area contributed by atoms with E-state index in [9.17, 15) is 9.90 Å². The lowest BCUT2D eigenvalue weighted by Gasteiger charge is -2.32. The number of imidazole rings is 1. The molecule has 1 fully saturated rings. The first-order chi connectivity index (χ1) is 16.9. The van der Waals surface area contributed by atoms with Gasteiger partial charge in [0.05, 0.1) is 30.7 Å². The zero-order valence-electron chi connectivity index (χ0n) is 19.6. The Labute approximate surface area is 211 Å². The lowest BCUT2D eigenvalue weighted by molar-refractivity contribution is 0.0920.